The van der Waals surface area contributed by atoms with E-state index < -0.39 is 53.2 Å². The Morgan fingerprint density at radius 3 is 1.98 bits per heavy atom. The molecule has 0 saturated carbocycles. The van der Waals surface area contributed by atoms with Crippen LogP contribution in [0, 0.1) is 6.92 Å². The van der Waals surface area contributed by atoms with Crippen LogP contribution >= 0.6 is 0 Å². The highest BCUT2D eigenvalue weighted by Gasteiger charge is 2.39. The van der Waals surface area contributed by atoms with Gasteiger partial charge in [-0.3, -0.25) is 9.59 Å². The molecule has 0 aromatic heterocycles. The van der Waals surface area contributed by atoms with E-state index in [2.05, 4.69) is 10.6 Å². The van der Waals surface area contributed by atoms with E-state index in [1.54, 1.807) is 54.5 Å². The lowest BCUT2D eigenvalue weighted by Crippen LogP contribution is -2.56. The Hall–Kier alpha value is -3.88. The van der Waals surface area contributed by atoms with Gasteiger partial charge in [-0.25, -0.2) is 9.59 Å². The molecule has 2 rings (SSSR count). The maximum absolute atomic E-state index is 14.3. The fourth-order valence-electron chi connectivity index (χ4n) is 4.51. The van der Waals surface area contributed by atoms with E-state index >= 15 is 0 Å². The Kier molecular flexibility index (Phi) is 12.3. The van der Waals surface area contributed by atoms with E-state index in [0.29, 0.717) is 12.0 Å². The largest absolute Gasteiger partial charge is 0.458 e. The van der Waals surface area contributed by atoms with Crippen molar-refractivity contribution in [1.29, 1.82) is 0 Å². The topological polar surface area (TPSA) is 114 Å². The van der Waals surface area contributed by atoms with Crippen LogP contribution in [0.15, 0.2) is 54.6 Å². The lowest BCUT2D eigenvalue weighted by Gasteiger charge is -2.38. The first-order chi connectivity index (χ1) is 19.9. The van der Waals surface area contributed by atoms with Gasteiger partial charge in [-0.1, -0.05) is 67.1 Å². The number of hydrogen-bond acceptors (Lipinski definition) is 6. The number of rotatable bonds is 11. The zero-order chi connectivity index (χ0) is 32.5. The maximum Gasteiger partial charge on any atom is 0.408 e. The summed E-state index contributed by atoms with van der Waals surface area (Å²) in [6, 6.07) is 13.2. The van der Waals surface area contributed by atoms with Crippen molar-refractivity contribution in [2.45, 2.75) is 117 Å². The Labute approximate surface area is 256 Å². The minimum Gasteiger partial charge on any atom is -0.458 e. The minimum atomic E-state index is -1.09. The highest BCUT2D eigenvalue weighted by molar-refractivity contribution is 5.94. The number of esters is 1. The number of ether oxygens (including phenoxy) is 2. The van der Waals surface area contributed by atoms with Gasteiger partial charge in [0.05, 0.1) is 0 Å². The molecule has 0 fully saturated rings. The average Bonchev–Trinajstić information content (AvgIpc) is 2.88. The Morgan fingerprint density at radius 1 is 0.837 bits per heavy atom. The van der Waals surface area contributed by atoms with E-state index in [1.807, 2.05) is 69.3 Å². The van der Waals surface area contributed by atoms with Gasteiger partial charge >= 0.3 is 12.1 Å². The molecule has 0 saturated heterocycles. The van der Waals surface area contributed by atoms with Crippen molar-refractivity contribution in [1.82, 2.24) is 15.5 Å². The molecule has 0 radical (unpaired) electrons. The summed E-state index contributed by atoms with van der Waals surface area (Å²) >= 11 is 0. The summed E-state index contributed by atoms with van der Waals surface area (Å²) in [4.78, 5) is 55.7. The van der Waals surface area contributed by atoms with Crippen LogP contribution in [0.1, 0.15) is 91.5 Å². The Bertz CT molecular complexity index is 1250. The smallest absolute Gasteiger partial charge is 0.408 e. The van der Waals surface area contributed by atoms with Crippen LogP contribution in [-0.4, -0.2) is 58.1 Å². The van der Waals surface area contributed by atoms with Crippen molar-refractivity contribution < 1.29 is 28.7 Å². The number of benzene rings is 2. The summed E-state index contributed by atoms with van der Waals surface area (Å²) < 4.78 is 11.0. The second kappa shape index (κ2) is 15.0. The maximum atomic E-state index is 14.3. The second-order valence-electron chi connectivity index (χ2n) is 13.0. The number of carbonyl (C=O) groups is 4. The molecule has 4 atom stereocenters. The monoisotopic (exact) mass is 595 g/mol. The quantitative estimate of drug-likeness (QED) is 0.325. The summed E-state index contributed by atoms with van der Waals surface area (Å²) in [5.74, 6) is -1.57. The lowest BCUT2D eigenvalue weighted by molar-refractivity contribution is -0.159. The lowest BCUT2D eigenvalue weighted by atomic mass is 9.97. The van der Waals surface area contributed by atoms with Crippen LogP contribution < -0.4 is 10.6 Å². The second-order valence-corrected chi connectivity index (χ2v) is 13.0. The van der Waals surface area contributed by atoms with E-state index in [9.17, 15) is 19.2 Å². The van der Waals surface area contributed by atoms with Crippen LogP contribution in [0.4, 0.5) is 4.79 Å². The molecule has 2 aromatic carbocycles. The highest BCUT2D eigenvalue weighted by Crippen LogP contribution is 2.27. The van der Waals surface area contributed by atoms with Gasteiger partial charge in [0.2, 0.25) is 11.8 Å². The minimum absolute atomic E-state index is 0.204. The number of hydrogen-bond donors (Lipinski definition) is 2. The van der Waals surface area contributed by atoms with Gasteiger partial charge < -0.3 is 25.0 Å². The molecule has 43 heavy (non-hydrogen) atoms. The fraction of sp³-hybridized carbons (Fsp3) is 0.529. The van der Waals surface area contributed by atoms with Gasteiger partial charge in [-0.2, -0.15) is 0 Å². The summed E-state index contributed by atoms with van der Waals surface area (Å²) in [5, 5.41) is 5.52. The number of alkyl carbamates (subject to hydrolysis) is 1. The molecule has 4 unspecified atom stereocenters. The summed E-state index contributed by atoms with van der Waals surface area (Å²) in [6.07, 6.45) is 0.0116. The summed E-state index contributed by atoms with van der Waals surface area (Å²) in [7, 11) is 0. The third kappa shape index (κ3) is 11.4. The van der Waals surface area contributed by atoms with E-state index in [-0.39, 0.29) is 12.5 Å². The molecule has 3 amide bonds. The van der Waals surface area contributed by atoms with Crippen LogP contribution in [0.3, 0.4) is 0 Å². The molecular formula is C34H49N3O6. The molecule has 0 bridgehead atoms. The van der Waals surface area contributed by atoms with Crippen LogP contribution in [0.25, 0.3) is 0 Å². The van der Waals surface area contributed by atoms with Gasteiger partial charge in [0.1, 0.15) is 29.3 Å². The molecule has 2 aromatic rings. The highest BCUT2D eigenvalue weighted by atomic mass is 16.6. The molecule has 9 heteroatoms. The van der Waals surface area contributed by atoms with Gasteiger partial charge in [0.25, 0.3) is 0 Å². The molecule has 0 heterocycles. The summed E-state index contributed by atoms with van der Waals surface area (Å²) in [5.41, 5.74) is 0.811. The number of nitrogens with zero attached hydrogens (tertiary/aromatic N) is 1. The number of carbonyl (C=O) groups excluding carboxylic acids is 4. The van der Waals surface area contributed by atoms with Crippen molar-refractivity contribution in [2.24, 2.45) is 0 Å². The predicted molar refractivity (Wildman–Crippen MR) is 167 cm³/mol. The standard InChI is InChI=1S/C34H49N3O6/c1-11-23(3)37(30(39)24(4)35-32(41)43-34(8,9)10)28(26-19-15-16-22(2)20-26)29(38)36-27(31(40)42-33(5,6)7)21-25-17-13-12-14-18-25/h12-20,23-24,27-28H,11,21H2,1-10H3,(H,35,41)(H,36,38). The van der Waals surface area contributed by atoms with Gasteiger partial charge in [-0.05, 0) is 79.9 Å². The first-order valence-corrected chi connectivity index (χ1v) is 14.9. The zero-order valence-electron chi connectivity index (χ0n) is 27.3. The van der Waals surface area contributed by atoms with E-state index in [1.165, 1.54) is 4.90 Å². The van der Waals surface area contributed by atoms with Gasteiger partial charge in [-0.15, -0.1) is 0 Å². The third-order valence-corrected chi connectivity index (χ3v) is 6.60. The molecule has 0 aliphatic carbocycles. The number of amides is 3. The van der Waals surface area contributed by atoms with Crippen molar-refractivity contribution in [3.05, 3.63) is 71.3 Å². The fourth-order valence-corrected chi connectivity index (χ4v) is 4.51. The molecule has 2 N–H and O–H groups in total. The van der Waals surface area contributed by atoms with Crippen molar-refractivity contribution in [2.75, 3.05) is 0 Å². The van der Waals surface area contributed by atoms with Gasteiger partial charge in [0.15, 0.2) is 0 Å². The van der Waals surface area contributed by atoms with Crippen molar-refractivity contribution in [3.63, 3.8) is 0 Å². The van der Waals surface area contributed by atoms with Crippen molar-refractivity contribution >= 4 is 23.9 Å². The molecule has 0 aliphatic rings. The summed E-state index contributed by atoms with van der Waals surface area (Å²) in [6.45, 7) is 17.7. The first-order valence-electron chi connectivity index (χ1n) is 14.9. The molecule has 236 valence electrons. The van der Waals surface area contributed by atoms with E-state index in [4.69, 9.17) is 9.47 Å². The van der Waals surface area contributed by atoms with Crippen LogP contribution in [0.2, 0.25) is 0 Å². The van der Waals surface area contributed by atoms with Crippen LogP contribution in [0.5, 0.6) is 0 Å². The van der Waals surface area contributed by atoms with Crippen LogP contribution in [-0.2, 0) is 30.3 Å². The third-order valence-electron chi connectivity index (χ3n) is 6.60. The van der Waals surface area contributed by atoms with Crippen molar-refractivity contribution in [3.8, 4) is 0 Å². The number of aryl methyl sites for hydroxylation is 1. The molecule has 0 spiro atoms. The average molecular weight is 596 g/mol. The predicted octanol–water partition coefficient (Wildman–Crippen LogP) is 5.65. The Morgan fingerprint density at radius 2 is 1.44 bits per heavy atom. The zero-order valence-corrected chi connectivity index (χ0v) is 27.3. The number of nitrogens with one attached hydrogen (secondary N) is 2. The first kappa shape index (κ1) is 35.3. The van der Waals surface area contributed by atoms with E-state index in [0.717, 1.165) is 11.1 Å². The SMILES string of the molecule is CCC(C)N(C(=O)C(C)NC(=O)OC(C)(C)C)C(C(=O)NC(Cc1ccccc1)C(=O)OC(C)(C)C)c1cccc(C)c1. The molecule has 9 nitrogen and oxygen atoms in total. The molecule has 0 aliphatic heterocycles. The molecular weight excluding hydrogens is 546 g/mol. The Balaban J connectivity index is 2.54. The van der Waals surface area contributed by atoms with Gasteiger partial charge in [0, 0.05) is 12.5 Å². The normalized spacial score (nSPS) is 14.5.